The van der Waals surface area contributed by atoms with Gasteiger partial charge in [-0.25, -0.2) is 0 Å². The van der Waals surface area contributed by atoms with Crippen LogP contribution in [-0.4, -0.2) is 3.71 Å². The molecular formula is C34H35F3Zr. The van der Waals surface area contributed by atoms with Crippen molar-refractivity contribution in [1.29, 1.82) is 0 Å². The van der Waals surface area contributed by atoms with Crippen molar-refractivity contribution in [3.8, 4) is 11.1 Å². The fraction of sp³-hybridized carbons (Fsp3) is 0.324. The molecule has 0 nitrogen and oxygen atoms in total. The van der Waals surface area contributed by atoms with Crippen LogP contribution in [0.15, 0.2) is 76.1 Å². The van der Waals surface area contributed by atoms with E-state index in [1.807, 2.05) is 6.07 Å². The second-order valence-electron chi connectivity index (χ2n) is 12.6. The van der Waals surface area contributed by atoms with Crippen LogP contribution in [0.4, 0.5) is 13.2 Å². The van der Waals surface area contributed by atoms with Crippen LogP contribution in [0.3, 0.4) is 0 Å². The zero-order chi connectivity index (χ0) is 27.5. The monoisotopic (exact) mass is 590 g/mol. The molecule has 196 valence electrons. The maximum absolute atomic E-state index is 13.5. The van der Waals surface area contributed by atoms with E-state index in [1.165, 1.54) is 52.1 Å². The van der Waals surface area contributed by atoms with Crippen molar-refractivity contribution >= 4 is 6.98 Å². The van der Waals surface area contributed by atoms with Gasteiger partial charge in [-0.2, -0.15) is 0 Å². The van der Waals surface area contributed by atoms with Crippen LogP contribution >= 0.6 is 0 Å². The Morgan fingerprint density at radius 3 is 2.11 bits per heavy atom. The third-order valence-corrected chi connectivity index (χ3v) is 14.3. The van der Waals surface area contributed by atoms with Gasteiger partial charge in [-0.15, -0.1) is 0 Å². The van der Waals surface area contributed by atoms with Crippen LogP contribution in [0.1, 0.15) is 81.3 Å². The fourth-order valence-corrected chi connectivity index (χ4v) is 11.9. The average molecular weight is 592 g/mol. The number of hydrogen-bond acceptors (Lipinski definition) is 0. The molecule has 0 saturated heterocycles. The topological polar surface area (TPSA) is 0 Å². The van der Waals surface area contributed by atoms with Gasteiger partial charge in [0.2, 0.25) is 0 Å². The summed E-state index contributed by atoms with van der Waals surface area (Å²) in [6.45, 7) is 13.5. The second-order valence-corrected chi connectivity index (χ2v) is 18.2. The van der Waals surface area contributed by atoms with E-state index in [2.05, 4.69) is 93.8 Å². The van der Waals surface area contributed by atoms with E-state index in [0.29, 0.717) is 5.56 Å². The quantitative estimate of drug-likeness (QED) is 0.223. The Balaban J connectivity index is 1.75. The first kappa shape index (κ1) is 27.3. The van der Waals surface area contributed by atoms with Crippen LogP contribution < -0.4 is 3.27 Å². The molecule has 2 aliphatic carbocycles. The first-order chi connectivity index (χ1) is 17.7. The number of benzene rings is 3. The number of fused-ring (bicyclic) bond motifs is 3. The number of hydrogen-bond donors (Lipinski definition) is 0. The Hall–Kier alpha value is -2.32. The van der Waals surface area contributed by atoms with Crippen LogP contribution in [-0.2, 0) is 44.7 Å². The molecule has 2 aliphatic rings. The second kappa shape index (κ2) is 9.70. The molecule has 0 aliphatic heterocycles. The molecule has 38 heavy (non-hydrogen) atoms. The van der Waals surface area contributed by atoms with E-state index in [1.54, 1.807) is 0 Å². The summed E-state index contributed by atoms with van der Waals surface area (Å²) in [5, 5.41) is 0. The van der Waals surface area contributed by atoms with Crippen molar-refractivity contribution in [1.82, 2.24) is 0 Å². The SMILES string of the molecule is CC(C)(C)c1ccc2c(c1)-c1cc(C(C)(C)C)c[c](/[Zr](=[CH]\c3cccc(C(F)(F)F)c3)[C]3=CC=CC3)c1C2. The van der Waals surface area contributed by atoms with Gasteiger partial charge < -0.3 is 0 Å². The van der Waals surface area contributed by atoms with Crippen LogP contribution in [0.5, 0.6) is 0 Å². The summed E-state index contributed by atoms with van der Waals surface area (Å²) in [4.78, 5) is 0. The number of alkyl halides is 3. The van der Waals surface area contributed by atoms with Crippen LogP contribution in [0.25, 0.3) is 11.1 Å². The van der Waals surface area contributed by atoms with Gasteiger partial charge in [-0.05, 0) is 0 Å². The molecule has 4 heteroatoms. The summed E-state index contributed by atoms with van der Waals surface area (Å²) >= 11 is -2.73. The van der Waals surface area contributed by atoms with E-state index in [9.17, 15) is 13.2 Å². The summed E-state index contributed by atoms with van der Waals surface area (Å²) in [6, 6.07) is 17.5. The first-order valence-electron chi connectivity index (χ1n) is 13.3. The van der Waals surface area contributed by atoms with Gasteiger partial charge in [0, 0.05) is 0 Å². The zero-order valence-electron chi connectivity index (χ0n) is 23.1. The molecule has 5 rings (SSSR count). The Bertz CT molecular complexity index is 1500. The first-order valence-corrected chi connectivity index (χ1v) is 17.2. The van der Waals surface area contributed by atoms with E-state index < -0.39 is 33.0 Å². The third-order valence-electron chi connectivity index (χ3n) is 7.68. The molecule has 3 aromatic carbocycles. The van der Waals surface area contributed by atoms with Crippen LogP contribution in [0.2, 0.25) is 0 Å². The van der Waals surface area contributed by atoms with Gasteiger partial charge in [0.25, 0.3) is 0 Å². The van der Waals surface area contributed by atoms with Crippen molar-refractivity contribution in [2.45, 2.75) is 71.4 Å². The molecule has 0 spiro atoms. The molecule has 0 radical (unpaired) electrons. The third kappa shape index (κ3) is 5.39. The van der Waals surface area contributed by atoms with Gasteiger partial charge in [0.1, 0.15) is 0 Å². The van der Waals surface area contributed by atoms with Crippen LogP contribution in [0, 0.1) is 0 Å². The van der Waals surface area contributed by atoms with E-state index in [4.69, 9.17) is 0 Å². The van der Waals surface area contributed by atoms with Gasteiger partial charge >= 0.3 is 233 Å². The predicted octanol–water partition coefficient (Wildman–Crippen LogP) is 8.81. The summed E-state index contributed by atoms with van der Waals surface area (Å²) < 4.78 is 45.7. The minimum absolute atomic E-state index is 0.0407. The van der Waals surface area contributed by atoms with Gasteiger partial charge in [-0.1, -0.05) is 0 Å². The maximum atomic E-state index is 13.5. The summed E-state index contributed by atoms with van der Waals surface area (Å²) in [5.41, 5.74) is 8.10. The minimum atomic E-state index is -4.35. The molecular weight excluding hydrogens is 557 g/mol. The molecule has 0 atom stereocenters. The zero-order valence-corrected chi connectivity index (χ0v) is 25.5. The molecule has 0 N–H and O–H groups in total. The molecule has 0 bridgehead atoms. The number of allylic oxidation sites excluding steroid dienone is 4. The van der Waals surface area contributed by atoms with E-state index in [0.717, 1.165) is 18.9 Å². The fourth-order valence-electron chi connectivity index (χ4n) is 5.38. The van der Waals surface area contributed by atoms with Gasteiger partial charge in [0.05, 0.1) is 0 Å². The molecule has 3 aromatic rings. The average Bonchev–Trinajstić information content (AvgIpc) is 3.48. The van der Waals surface area contributed by atoms with Gasteiger partial charge in [0.15, 0.2) is 0 Å². The predicted molar refractivity (Wildman–Crippen MR) is 150 cm³/mol. The van der Waals surface area contributed by atoms with Crippen molar-refractivity contribution in [3.63, 3.8) is 0 Å². The summed E-state index contributed by atoms with van der Waals surface area (Å²) in [7, 11) is 0. The van der Waals surface area contributed by atoms with Crippen molar-refractivity contribution in [3.05, 3.63) is 109 Å². The Kier molecular flexibility index (Phi) is 6.96. The van der Waals surface area contributed by atoms with E-state index in [-0.39, 0.29) is 10.8 Å². The molecule has 0 amide bonds. The van der Waals surface area contributed by atoms with Crippen molar-refractivity contribution < 1.29 is 34.4 Å². The number of rotatable bonds is 3. The Labute approximate surface area is 232 Å². The van der Waals surface area contributed by atoms with Crippen molar-refractivity contribution in [2.75, 3.05) is 0 Å². The van der Waals surface area contributed by atoms with Crippen molar-refractivity contribution in [2.24, 2.45) is 0 Å². The molecule has 0 aromatic heterocycles. The summed E-state index contributed by atoms with van der Waals surface area (Å²) in [5.74, 6) is 0. The molecule has 0 unspecified atom stereocenters. The summed E-state index contributed by atoms with van der Waals surface area (Å²) in [6.07, 6.45) is 3.92. The normalized spacial score (nSPS) is 15.5. The Morgan fingerprint density at radius 1 is 0.763 bits per heavy atom. The molecule has 0 saturated carbocycles. The standard InChI is InChI=1S/C21H25.C8H5F3.C5H5.Zr/c1-20(2,3)16-9-7-14-11-15-8-10-17(21(4,5)6)13-19(15)18(14)12-16;1-6-3-2-4-7(5-6)8(9,10)11;1-2-4-5-3-1;/h7,9-10,12-13H,11H2,1-6H3;1-5H;1-3H,4H2;. The Morgan fingerprint density at radius 2 is 1.47 bits per heavy atom. The molecule has 0 fully saturated rings. The van der Waals surface area contributed by atoms with Gasteiger partial charge in [-0.3, -0.25) is 0 Å². The molecule has 0 heterocycles. The van der Waals surface area contributed by atoms with E-state index >= 15 is 0 Å². The number of halogens is 3.